The predicted octanol–water partition coefficient (Wildman–Crippen LogP) is 3.63. The molecule has 0 aliphatic carbocycles. The van der Waals surface area contributed by atoms with E-state index in [9.17, 15) is 19.5 Å². The topological polar surface area (TPSA) is 96.4 Å². The molecule has 0 aromatic heterocycles. The van der Waals surface area contributed by atoms with Gasteiger partial charge >= 0.3 is 5.97 Å². The molecule has 1 unspecified atom stereocenters. The number of fused-ring (bicyclic) bond motifs is 2. The van der Waals surface area contributed by atoms with Crippen molar-refractivity contribution in [2.45, 2.75) is 103 Å². The number of rotatable bonds is 6. The van der Waals surface area contributed by atoms with Crippen molar-refractivity contribution in [2.75, 3.05) is 26.3 Å². The third-order valence-corrected chi connectivity index (χ3v) is 8.63. The summed E-state index contributed by atoms with van der Waals surface area (Å²) < 4.78 is 12.7. The number of likely N-dealkylation sites (tertiary alicyclic amines) is 1. The molecule has 2 amide bonds. The van der Waals surface area contributed by atoms with Crippen LogP contribution in [0.3, 0.4) is 0 Å². The number of aliphatic hydroxyl groups is 1. The van der Waals surface area contributed by atoms with E-state index in [1.807, 2.05) is 30.1 Å². The Morgan fingerprint density at radius 1 is 1.03 bits per heavy atom. The van der Waals surface area contributed by atoms with Gasteiger partial charge in [-0.15, -0.1) is 0 Å². The number of amides is 2. The van der Waals surface area contributed by atoms with E-state index in [1.165, 1.54) is 0 Å². The molecule has 4 rings (SSSR count). The minimum Gasteiger partial charge on any atom is -0.465 e. The summed E-state index contributed by atoms with van der Waals surface area (Å²) in [6, 6.07) is -0.924. The van der Waals surface area contributed by atoms with E-state index in [0.717, 1.165) is 25.7 Å². The van der Waals surface area contributed by atoms with Crippen molar-refractivity contribution in [1.82, 2.24) is 9.80 Å². The minimum absolute atomic E-state index is 0.0186. The lowest BCUT2D eigenvalue weighted by molar-refractivity contribution is -0.162. The number of esters is 1. The monoisotopic (exact) mass is 530 g/mol. The molecule has 4 aliphatic rings. The summed E-state index contributed by atoms with van der Waals surface area (Å²) in [5.41, 5.74) is -2.84. The molecular weight excluding hydrogens is 484 g/mol. The first-order chi connectivity index (χ1) is 17.8. The standard InChI is InChI=1S/C30H46N2O6/c1-7-29-14-10-8-9-11-19-37-26(36)22(29)21-24(34)31(16-13-18-33)23-25(35)32(17-12-15-30(21,23)38-29)28(5,6)20-27(2,3)4/h10,12,14-15,21-23,33H,7-9,11,13,16-20H2,1-6H3/b14-10-/t21-,22-,23?,29+,30-/m0/s1. The normalized spacial score (nSPS) is 34.9. The molecule has 0 aromatic rings. The second-order valence-electron chi connectivity index (χ2n) is 13.2. The van der Waals surface area contributed by atoms with Crippen LogP contribution in [0.15, 0.2) is 24.3 Å². The Kier molecular flexibility index (Phi) is 7.90. The molecule has 4 aliphatic heterocycles. The highest BCUT2D eigenvalue weighted by atomic mass is 16.6. The summed E-state index contributed by atoms with van der Waals surface area (Å²) in [6.45, 7) is 13.4. The number of hydrogen-bond acceptors (Lipinski definition) is 6. The quantitative estimate of drug-likeness (QED) is 0.416. The van der Waals surface area contributed by atoms with E-state index in [1.54, 1.807) is 4.90 Å². The highest BCUT2D eigenvalue weighted by Crippen LogP contribution is 2.58. The molecule has 8 heteroatoms. The smallest absolute Gasteiger partial charge is 0.313 e. The molecule has 1 N–H and O–H groups in total. The summed E-state index contributed by atoms with van der Waals surface area (Å²) >= 11 is 0. The second-order valence-corrected chi connectivity index (χ2v) is 13.2. The fourth-order valence-corrected chi connectivity index (χ4v) is 7.46. The fourth-order valence-electron chi connectivity index (χ4n) is 7.46. The van der Waals surface area contributed by atoms with Crippen LogP contribution in [0.2, 0.25) is 0 Å². The van der Waals surface area contributed by atoms with Gasteiger partial charge in [-0.05, 0) is 57.8 Å². The largest absolute Gasteiger partial charge is 0.465 e. The molecular formula is C30H46N2O6. The summed E-state index contributed by atoms with van der Waals surface area (Å²) in [4.78, 5) is 45.9. The molecule has 38 heavy (non-hydrogen) atoms. The van der Waals surface area contributed by atoms with Crippen molar-refractivity contribution in [2.24, 2.45) is 17.3 Å². The molecule has 0 saturated carbocycles. The molecule has 5 atom stereocenters. The first kappa shape index (κ1) is 28.8. The maximum atomic E-state index is 14.6. The number of allylic oxidation sites excluding steroid dienone is 1. The van der Waals surface area contributed by atoms with Crippen molar-refractivity contribution in [3.8, 4) is 0 Å². The van der Waals surface area contributed by atoms with E-state index >= 15 is 0 Å². The van der Waals surface area contributed by atoms with Gasteiger partial charge in [-0.3, -0.25) is 14.4 Å². The van der Waals surface area contributed by atoms with Gasteiger partial charge in [0.1, 0.15) is 23.2 Å². The lowest BCUT2D eigenvalue weighted by Crippen LogP contribution is -2.60. The molecule has 0 aromatic carbocycles. The molecule has 0 radical (unpaired) electrons. The van der Waals surface area contributed by atoms with Crippen LogP contribution in [-0.4, -0.2) is 81.8 Å². The second kappa shape index (κ2) is 10.4. The molecule has 8 nitrogen and oxygen atoms in total. The highest BCUT2D eigenvalue weighted by Gasteiger charge is 2.75. The van der Waals surface area contributed by atoms with Gasteiger partial charge in [0.05, 0.1) is 12.5 Å². The van der Waals surface area contributed by atoms with Crippen LogP contribution in [0.4, 0.5) is 0 Å². The van der Waals surface area contributed by atoms with Crippen LogP contribution in [0, 0.1) is 17.3 Å². The lowest BCUT2D eigenvalue weighted by Gasteiger charge is -2.45. The minimum atomic E-state index is -1.30. The van der Waals surface area contributed by atoms with E-state index in [0.29, 0.717) is 26.0 Å². The van der Waals surface area contributed by atoms with Crippen molar-refractivity contribution in [3.63, 3.8) is 0 Å². The molecule has 2 fully saturated rings. The van der Waals surface area contributed by atoms with Gasteiger partial charge in [0, 0.05) is 25.2 Å². The highest BCUT2D eigenvalue weighted by molar-refractivity contribution is 5.99. The van der Waals surface area contributed by atoms with Crippen molar-refractivity contribution < 1.29 is 29.0 Å². The maximum absolute atomic E-state index is 14.6. The molecule has 2 saturated heterocycles. The third-order valence-electron chi connectivity index (χ3n) is 8.63. The maximum Gasteiger partial charge on any atom is 0.313 e. The third kappa shape index (κ3) is 4.83. The van der Waals surface area contributed by atoms with Gasteiger partial charge < -0.3 is 24.4 Å². The van der Waals surface area contributed by atoms with Gasteiger partial charge in [0.15, 0.2) is 0 Å². The number of ether oxygens (including phenoxy) is 2. The van der Waals surface area contributed by atoms with Crippen molar-refractivity contribution in [3.05, 3.63) is 24.3 Å². The Balaban J connectivity index is 1.86. The number of nitrogens with zero attached hydrogens (tertiary/aromatic N) is 2. The Bertz CT molecular complexity index is 997. The SMILES string of the molecule is CC[C@@]12/C=C\CCCCOC(=O)[C@@H]1[C@H]1C(=O)N(CCCO)C3C(=O)N(C(C)(C)CC(C)(C)C)CC=C[C@@]31O2. The van der Waals surface area contributed by atoms with E-state index in [2.05, 4.69) is 40.7 Å². The number of hydrogen-bond donors (Lipinski definition) is 1. The average Bonchev–Trinajstić information content (AvgIpc) is 3.17. The molecule has 1 spiro atoms. The first-order valence-corrected chi connectivity index (χ1v) is 14.3. The number of aliphatic hydroxyl groups excluding tert-OH is 1. The van der Waals surface area contributed by atoms with E-state index in [-0.39, 0.29) is 30.4 Å². The zero-order chi connectivity index (χ0) is 27.9. The zero-order valence-electron chi connectivity index (χ0n) is 24.0. The average molecular weight is 531 g/mol. The summed E-state index contributed by atoms with van der Waals surface area (Å²) in [5, 5.41) is 9.61. The molecule has 0 bridgehead atoms. The van der Waals surface area contributed by atoms with Gasteiger partial charge in [0.25, 0.3) is 0 Å². The predicted molar refractivity (Wildman–Crippen MR) is 144 cm³/mol. The van der Waals surface area contributed by atoms with Gasteiger partial charge in [-0.2, -0.15) is 0 Å². The fraction of sp³-hybridized carbons (Fsp3) is 0.767. The summed E-state index contributed by atoms with van der Waals surface area (Å²) in [7, 11) is 0. The van der Waals surface area contributed by atoms with Crippen LogP contribution in [0.25, 0.3) is 0 Å². The van der Waals surface area contributed by atoms with Crippen molar-refractivity contribution in [1.29, 1.82) is 0 Å². The summed E-state index contributed by atoms with van der Waals surface area (Å²) in [6.07, 6.45) is 11.9. The first-order valence-electron chi connectivity index (χ1n) is 14.3. The Morgan fingerprint density at radius 2 is 1.76 bits per heavy atom. The molecule has 4 heterocycles. The van der Waals surface area contributed by atoms with Gasteiger partial charge in [-0.1, -0.05) is 52.0 Å². The number of carbonyl (C=O) groups excluding carboxylic acids is 3. The van der Waals surface area contributed by atoms with Gasteiger partial charge in [-0.25, -0.2) is 0 Å². The Morgan fingerprint density at radius 3 is 2.42 bits per heavy atom. The van der Waals surface area contributed by atoms with Gasteiger partial charge in [0.2, 0.25) is 11.8 Å². The van der Waals surface area contributed by atoms with E-state index < -0.39 is 40.6 Å². The van der Waals surface area contributed by atoms with Crippen molar-refractivity contribution >= 4 is 17.8 Å². The van der Waals surface area contributed by atoms with Crippen LogP contribution in [0.5, 0.6) is 0 Å². The number of cyclic esters (lactones) is 1. The summed E-state index contributed by atoms with van der Waals surface area (Å²) in [5.74, 6) is -2.63. The van der Waals surface area contributed by atoms with E-state index in [4.69, 9.17) is 9.47 Å². The van der Waals surface area contributed by atoms with Crippen LogP contribution >= 0.6 is 0 Å². The van der Waals surface area contributed by atoms with Crippen LogP contribution in [-0.2, 0) is 23.9 Å². The van der Waals surface area contributed by atoms with Crippen LogP contribution in [0.1, 0.15) is 80.1 Å². The lowest BCUT2D eigenvalue weighted by atomic mass is 9.73. The Hall–Kier alpha value is -2.19. The molecule has 212 valence electrons. The number of carbonyl (C=O) groups is 3. The zero-order valence-corrected chi connectivity index (χ0v) is 24.0. The Labute approximate surface area is 227 Å². The van der Waals surface area contributed by atoms with Crippen LogP contribution < -0.4 is 0 Å².